The van der Waals surface area contributed by atoms with E-state index in [-0.39, 0.29) is 11.7 Å². The molecule has 2 rings (SSSR count). The van der Waals surface area contributed by atoms with Crippen LogP contribution < -0.4 is 11.1 Å². The van der Waals surface area contributed by atoms with Crippen molar-refractivity contribution in [3.8, 4) is 0 Å². The van der Waals surface area contributed by atoms with Crippen LogP contribution in [0.15, 0.2) is 12.1 Å². The number of anilines is 2. The lowest BCUT2D eigenvalue weighted by Crippen LogP contribution is -2.40. The molecule has 0 atom stereocenters. The molecule has 0 bridgehead atoms. The molecule has 6 heteroatoms. The molecule has 0 saturated heterocycles. The average molecular weight is 251 g/mol. The van der Waals surface area contributed by atoms with E-state index in [0.717, 1.165) is 12.8 Å². The second-order valence-electron chi connectivity index (χ2n) is 4.30. The predicted molar refractivity (Wildman–Crippen MR) is 67.4 cm³/mol. The number of pyridine rings is 1. The molecule has 18 heavy (non-hydrogen) atoms. The minimum Gasteiger partial charge on any atom is -0.464 e. The molecule has 3 N–H and O–H groups in total. The molecule has 1 aromatic heterocycles. The second-order valence-corrected chi connectivity index (χ2v) is 4.30. The van der Waals surface area contributed by atoms with E-state index >= 15 is 0 Å². The van der Waals surface area contributed by atoms with E-state index in [9.17, 15) is 4.79 Å². The van der Waals surface area contributed by atoms with E-state index < -0.39 is 5.97 Å². The smallest absolute Gasteiger partial charge is 0.356 e. The van der Waals surface area contributed by atoms with Crippen molar-refractivity contribution in [3.63, 3.8) is 0 Å². The number of rotatable bonds is 4. The summed E-state index contributed by atoms with van der Waals surface area (Å²) in [6.07, 6.45) is 2.13. The fourth-order valence-corrected chi connectivity index (χ4v) is 1.87. The summed E-state index contributed by atoms with van der Waals surface area (Å²) in [6.45, 7) is 0. The molecular weight excluding hydrogens is 234 g/mol. The number of methoxy groups -OCH3 is 2. The van der Waals surface area contributed by atoms with Crippen LogP contribution in [0, 0.1) is 0 Å². The Kier molecular flexibility index (Phi) is 3.66. The van der Waals surface area contributed by atoms with E-state index in [1.807, 2.05) is 0 Å². The van der Waals surface area contributed by atoms with Gasteiger partial charge in [0, 0.05) is 13.2 Å². The normalized spacial score (nSPS) is 22.1. The van der Waals surface area contributed by atoms with Crippen LogP contribution >= 0.6 is 0 Å². The van der Waals surface area contributed by atoms with E-state index in [1.54, 1.807) is 19.2 Å². The topological polar surface area (TPSA) is 86.5 Å². The fourth-order valence-electron chi connectivity index (χ4n) is 1.87. The van der Waals surface area contributed by atoms with Crippen molar-refractivity contribution in [3.05, 3.63) is 17.8 Å². The molecule has 0 unspecified atom stereocenters. The third kappa shape index (κ3) is 2.53. The van der Waals surface area contributed by atoms with Gasteiger partial charge in [-0.2, -0.15) is 0 Å². The van der Waals surface area contributed by atoms with Gasteiger partial charge in [0.05, 0.1) is 18.9 Å². The Morgan fingerprint density at radius 1 is 1.44 bits per heavy atom. The highest BCUT2D eigenvalue weighted by Gasteiger charge is 2.29. The lowest BCUT2D eigenvalue weighted by atomic mass is 9.89. The largest absolute Gasteiger partial charge is 0.464 e. The summed E-state index contributed by atoms with van der Waals surface area (Å²) in [5.41, 5.74) is 6.58. The monoisotopic (exact) mass is 251 g/mol. The van der Waals surface area contributed by atoms with Gasteiger partial charge in [-0.3, -0.25) is 0 Å². The first-order valence-electron chi connectivity index (χ1n) is 5.78. The van der Waals surface area contributed by atoms with Crippen molar-refractivity contribution < 1.29 is 14.3 Å². The zero-order chi connectivity index (χ0) is 13.1. The Morgan fingerprint density at radius 3 is 2.78 bits per heavy atom. The molecule has 1 heterocycles. The number of nitrogens with zero attached hydrogens (tertiary/aromatic N) is 1. The number of carbonyl (C=O) groups excluding carboxylic acids is 1. The summed E-state index contributed by atoms with van der Waals surface area (Å²) >= 11 is 0. The van der Waals surface area contributed by atoms with Crippen LogP contribution in [-0.4, -0.2) is 37.3 Å². The maximum Gasteiger partial charge on any atom is 0.356 e. The molecule has 1 fully saturated rings. The first kappa shape index (κ1) is 12.6. The van der Waals surface area contributed by atoms with E-state index in [0.29, 0.717) is 17.6 Å². The Labute approximate surface area is 105 Å². The van der Waals surface area contributed by atoms with Gasteiger partial charge in [0.1, 0.15) is 5.82 Å². The number of hydrogen-bond acceptors (Lipinski definition) is 6. The molecule has 0 radical (unpaired) electrons. The van der Waals surface area contributed by atoms with Crippen LogP contribution in [0.1, 0.15) is 23.3 Å². The number of ether oxygens (including phenoxy) is 2. The molecular formula is C12H17N3O3. The molecule has 0 spiro atoms. The van der Waals surface area contributed by atoms with Crippen molar-refractivity contribution in [1.82, 2.24) is 4.98 Å². The first-order chi connectivity index (χ1) is 8.63. The molecule has 98 valence electrons. The van der Waals surface area contributed by atoms with Crippen LogP contribution in [-0.2, 0) is 9.47 Å². The molecule has 0 aliphatic heterocycles. The second kappa shape index (κ2) is 5.22. The van der Waals surface area contributed by atoms with Crippen molar-refractivity contribution in [2.75, 3.05) is 25.3 Å². The summed E-state index contributed by atoms with van der Waals surface area (Å²) in [5.74, 6) is 0.0545. The molecule has 0 aromatic carbocycles. The van der Waals surface area contributed by atoms with Crippen molar-refractivity contribution in [2.24, 2.45) is 0 Å². The number of nitrogens with two attached hydrogens (primary N) is 1. The molecule has 6 nitrogen and oxygen atoms in total. The Balaban J connectivity index is 2.05. The molecule has 1 aromatic rings. The van der Waals surface area contributed by atoms with Gasteiger partial charge in [-0.25, -0.2) is 9.78 Å². The number of carbonyl (C=O) groups is 1. The number of esters is 1. The lowest BCUT2D eigenvalue weighted by molar-refractivity contribution is 0.0327. The fraction of sp³-hybridized carbons (Fsp3) is 0.500. The minimum atomic E-state index is -0.471. The Bertz CT molecular complexity index is 444. The summed E-state index contributed by atoms with van der Waals surface area (Å²) < 4.78 is 9.82. The third-order valence-electron chi connectivity index (χ3n) is 3.09. The van der Waals surface area contributed by atoms with Gasteiger partial charge >= 0.3 is 5.97 Å². The van der Waals surface area contributed by atoms with Crippen LogP contribution in [0.2, 0.25) is 0 Å². The number of nitrogen functional groups attached to an aromatic ring is 1. The van der Waals surface area contributed by atoms with Gasteiger partial charge in [0.25, 0.3) is 0 Å². The zero-order valence-corrected chi connectivity index (χ0v) is 10.5. The third-order valence-corrected chi connectivity index (χ3v) is 3.09. The Hall–Kier alpha value is -1.82. The summed E-state index contributed by atoms with van der Waals surface area (Å²) in [7, 11) is 3.02. The molecule has 1 aliphatic rings. The maximum atomic E-state index is 11.4. The van der Waals surface area contributed by atoms with Crippen molar-refractivity contribution >= 4 is 17.5 Å². The van der Waals surface area contributed by atoms with Gasteiger partial charge in [0.15, 0.2) is 5.69 Å². The standard InChI is InChI=1S/C12H17N3O3/c1-17-8-5-7(6-8)14-11-9(13)3-4-10(15-11)12(16)18-2/h3-4,7-8H,5-6,13H2,1-2H3,(H,14,15). The number of aromatic nitrogens is 1. The zero-order valence-electron chi connectivity index (χ0n) is 10.5. The van der Waals surface area contributed by atoms with Crippen LogP contribution in [0.25, 0.3) is 0 Å². The first-order valence-corrected chi connectivity index (χ1v) is 5.78. The van der Waals surface area contributed by atoms with E-state index in [4.69, 9.17) is 10.5 Å². The SMILES string of the molecule is COC(=O)c1ccc(N)c(NC2CC(OC)C2)n1. The summed E-state index contributed by atoms with van der Waals surface area (Å²) in [5, 5.41) is 3.21. The lowest BCUT2D eigenvalue weighted by Gasteiger charge is -2.35. The van der Waals surface area contributed by atoms with Gasteiger partial charge in [-0.15, -0.1) is 0 Å². The molecule has 1 aliphatic carbocycles. The predicted octanol–water partition coefficient (Wildman–Crippen LogP) is 1.04. The van der Waals surface area contributed by atoms with Gasteiger partial charge in [-0.1, -0.05) is 0 Å². The molecule has 1 saturated carbocycles. The van der Waals surface area contributed by atoms with Gasteiger partial charge in [-0.05, 0) is 25.0 Å². The van der Waals surface area contributed by atoms with Crippen LogP contribution in [0.3, 0.4) is 0 Å². The highest BCUT2D eigenvalue weighted by atomic mass is 16.5. The summed E-state index contributed by atoms with van der Waals surface area (Å²) in [4.78, 5) is 15.5. The van der Waals surface area contributed by atoms with E-state index in [1.165, 1.54) is 7.11 Å². The highest BCUT2D eigenvalue weighted by molar-refractivity contribution is 5.88. The number of nitrogens with one attached hydrogen (secondary N) is 1. The van der Waals surface area contributed by atoms with Crippen molar-refractivity contribution in [1.29, 1.82) is 0 Å². The van der Waals surface area contributed by atoms with Gasteiger partial charge in [0.2, 0.25) is 0 Å². The van der Waals surface area contributed by atoms with Crippen LogP contribution in [0.5, 0.6) is 0 Å². The quantitative estimate of drug-likeness (QED) is 0.777. The van der Waals surface area contributed by atoms with E-state index in [2.05, 4.69) is 15.0 Å². The average Bonchev–Trinajstić information content (AvgIpc) is 2.34. The number of hydrogen-bond donors (Lipinski definition) is 2. The Morgan fingerprint density at radius 2 is 2.17 bits per heavy atom. The van der Waals surface area contributed by atoms with Gasteiger partial charge < -0.3 is 20.5 Å². The van der Waals surface area contributed by atoms with Crippen molar-refractivity contribution in [2.45, 2.75) is 25.0 Å². The summed E-state index contributed by atoms with van der Waals surface area (Å²) in [6, 6.07) is 3.48. The maximum absolute atomic E-state index is 11.4. The molecule has 0 amide bonds. The van der Waals surface area contributed by atoms with Crippen LogP contribution in [0.4, 0.5) is 11.5 Å². The highest BCUT2D eigenvalue weighted by Crippen LogP contribution is 2.27. The minimum absolute atomic E-state index is 0.247.